The van der Waals surface area contributed by atoms with Crippen LogP contribution in [0.3, 0.4) is 0 Å². The zero-order valence-corrected chi connectivity index (χ0v) is 18.4. The van der Waals surface area contributed by atoms with Crippen molar-refractivity contribution in [3.63, 3.8) is 0 Å². The molecule has 6 nitrogen and oxygen atoms in total. The van der Waals surface area contributed by atoms with Crippen molar-refractivity contribution in [3.8, 4) is 0 Å². The fourth-order valence-electron chi connectivity index (χ4n) is 4.84. The van der Waals surface area contributed by atoms with E-state index in [0.29, 0.717) is 18.7 Å². The third-order valence-electron chi connectivity index (χ3n) is 6.70. The molecular formula is C24H32N4O2. The van der Waals surface area contributed by atoms with Crippen LogP contribution in [-0.4, -0.2) is 52.7 Å². The number of hydrogen-bond donors (Lipinski definition) is 0. The van der Waals surface area contributed by atoms with Gasteiger partial charge in [0.15, 0.2) is 0 Å². The van der Waals surface area contributed by atoms with Gasteiger partial charge in [-0.3, -0.25) is 9.59 Å². The normalized spacial score (nSPS) is 20.6. The highest BCUT2D eigenvalue weighted by Gasteiger charge is 2.33. The maximum Gasteiger partial charge on any atom is 0.226 e. The predicted octanol–water partition coefficient (Wildman–Crippen LogP) is 3.68. The summed E-state index contributed by atoms with van der Waals surface area (Å²) >= 11 is 0. The van der Waals surface area contributed by atoms with Gasteiger partial charge in [-0.05, 0) is 51.2 Å². The van der Waals surface area contributed by atoms with E-state index in [0.717, 1.165) is 67.9 Å². The van der Waals surface area contributed by atoms with Crippen molar-refractivity contribution in [3.05, 3.63) is 29.5 Å². The first-order chi connectivity index (χ1) is 14.5. The van der Waals surface area contributed by atoms with Gasteiger partial charge in [-0.1, -0.05) is 19.1 Å². The molecule has 2 saturated heterocycles. The molecule has 4 rings (SSSR count). The van der Waals surface area contributed by atoms with E-state index >= 15 is 0 Å². The molecule has 3 heterocycles. The highest BCUT2D eigenvalue weighted by Crippen LogP contribution is 2.27. The number of aromatic nitrogens is 2. The topological polar surface area (TPSA) is 66.4 Å². The summed E-state index contributed by atoms with van der Waals surface area (Å²) in [6.07, 6.45) is 4.05. The Bertz CT molecular complexity index is 950. The second kappa shape index (κ2) is 8.70. The van der Waals surface area contributed by atoms with Crippen LogP contribution in [0.1, 0.15) is 50.3 Å². The van der Waals surface area contributed by atoms with Gasteiger partial charge in [0.05, 0.1) is 11.2 Å². The first-order valence-electron chi connectivity index (χ1n) is 11.3. The lowest BCUT2D eigenvalue weighted by atomic mass is 9.90. The van der Waals surface area contributed by atoms with Crippen molar-refractivity contribution in [2.24, 2.45) is 11.8 Å². The molecule has 1 aromatic heterocycles. The van der Waals surface area contributed by atoms with Crippen LogP contribution in [-0.2, 0) is 9.59 Å². The van der Waals surface area contributed by atoms with Crippen LogP contribution in [0.25, 0.3) is 10.9 Å². The summed E-state index contributed by atoms with van der Waals surface area (Å²) in [6.45, 7) is 9.00. The van der Waals surface area contributed by atoms with Gasteiger partial charge in [0, 0.05) is 49.8 Å². The summed E-state index contributed by atoms with van der Waals surface area (Å²) in [4.78, 5) is 38.9. The van der Waals surface area contributed by atoms with Gasteiger partial charge in [-0.2, -0.15) is 0 Å². The van der Waals surface area contributed by atoms with Crippen LogP contribution in [0.4, 0.5) is 5.95 Å². The van der Waals surface area contributed by atoms with Crippen LogP contribution in [0, 0.1) is 25.7 Å². The number of Topliss-reactive ketones (excluding diaryl/α,β-unsaturated/α-hetero) is 1. The average Bonchev–Trinajstić information content (AvgIpc) is 2.77. The molecule has 2 aliphatic heterocycles. The van der Waals surface area contributed by atoms with Crippen molar-refractivity contribution >= 4 is 28.5 Å². The summed E-state index contributed by atoms with van der Waals surface area (Å²) in [5.74, 6) is 1.37. The number of piperidine rings is 2. The highest BCUT2D eigenvalue weighted by molar-refractivity contribution is 5.84. The maximum absolute atomic E-state index is 13.1. The summed E-state index contributed by atoms with van der Waals surface area (Å²) in [6, 6.07) is 6.28. The molecular weight excluding hydrogens is 376 g/mol. The van der Waals surface area contributed by atoms with Crippen LogP contribution in [0.15, 0.2) is 18.2 Å². The molecule has 6 heteroatoms. The van der Waals surface area contributed by atoms with Gasteiger partial charge in [0.1, 0.15) is 5.78 Å². The minimum atomic E-state index is 0.0326. The fourth-order valence-corrected chi connectivity index (χ4v) is 4.84. The molecule has 1 amide bonds. The molecule has 160 valence electrons. The molecule has 0 spiro atoms. The monoisotopic (exact) mass is 408 g/mol. The lowest BCUT2D eigenvalue weighted by molar-refractivity contribution is -0.139. The van der Waals surface area contributed by atoms with E-state index < -0.39 is 0 Å². The molecule has 1 unspecified atom stereocenters. The van der Waals surface area contributed by atoms with Crippen LogP contribution >= 0.6 is 0 Å². The van der Waals surface area contributed by atoms with Crippen molar-refractivity contribution in [1.82, 2.24) is 14.9 Å². The molecule has 0 radical (unpaired) electrons. The first-order valence-corrected chi connectivity index (χ1v) is 11.3. The van der Waals surface area contributed by atoms with Gasteiger partial charge >= 0.3 is 0 Å². The lowest BCUT2D eigenvalue weighted by Gasteiger charge is -2.37. The second-order valence-electron chi connectivity index (χ2n) is 8.83. The number of amides is 1. The van der Waals surface area contributed by atoms with Gasteiger partial charge in [-0.15, -0.1) is 0 Å². The number of likely N-dealkylation sites (tertiary alicyclic amines) is 1. The van der Waals surface area contributed by atoms with Crippen molar-refractivity contribution in [1.29, 1.82) is 0 Å². The number of rotatable bonds is 4. The largest absolute Gasteiger partial charge is 0.342 e. The maximum atomic E-state index is 13.1. The minimum absolute atomic E-state index is 0.0326. The van der Waals surface area contributed by atoms with Gasteiger partial charge < -0.3 is 9.80 Å². The Morgan fingerprint density at radius 3 is 2.53 bits per heavy atom. The van der Waals surface area contributed by atoms with Crippen molar-refractivity contribution < 1.29 is 9.59 Å². The molecule has 0 saturated carbocycles. The van der Waals surface area contributed by atoms with E-state index in [1.807, 2.05) is 18.7 Å². The zero-order chi connectivity index (χ0) is 21.3. The number of hydrogen-bond acceptors (Lipinski definition) is 5. The van der Waals surface area contributed by atoms with Crippen molar-refractivity contribution in [2.45, 2.75) is 52.9 Å². The molecule has 2 fully saturated rings. The van der Waals surface area contributed by atoms with Gasteiger partial charge in [0.2, 0.25) is 11.9 Å². The highest BCUT2D eigenvalue weighted by atomic mass is 16.2. The SMILES string of the molecule is CCC(=O)C1CCCN(C(=O)C2CCN(c3nc(C)c4ccc(C)cc4n3)CC2)C1. The summed E-state index contributed by atoms with van der Waals surface area (Å²) < 4.78 is 0. The number of nitrogens with zero attached hydrogens (tertiary/aromatic N) is 4. The quantitative estimate of drug-likeness (QED) is 0.772. The minimum Gasteiger partial charge on any atom is -0.342 e. The summed E-state index contributed by atoms with van der Waals surface area (Å²) in [5, 5.41) is 1.09. The van der Waals surface area contributed by atoms with E-state index in [-0.39, 0.29) is 17.7 Å². The number of carbonyl (C=O) groups is 2. The molecule has 2 aromatic rings. The van der Waals surface area contributed by atoms with E-state index in [4.69, 9.17) is 9.97 Å². The van der Waals surface area contributed by atoms with Gasteiger partial charge in [-0.25, -0.2) is 9.97 Å². The first kappa shape index (κ1) is 20.8. The number of benzene rings is 1. The van der Waals surface area contributed by atoms with E-state index in [9.17, 15) is 9.59 Å². The Hall–Kier alpha value is -2.50. The van der Waals surface area contributed by atoms with E-state index in [1.165, 1.54) is 5.56 Å². The van der Waals surface area contributed by atoms with Crippen LogP contribution < -0.4 is 4.90 Å². The van der Waals surface area contributed by atoms with Crippen molar-refractivity contribution in [2.75, 3.05) is 31.1 Å². The molecule has 0 bridgehead atoms. The number of ketones is 1. The predicted molar refractivity (Wildman–Crippen MR) is 119 cm³/mol. The molecule has 30 heavy (non-hydrogen) atoms. The Labute approximate surface area is 178 Å². The standard InChI is InChI=1S/C24H32N4O2/c1-4-22(29)19-6-5-11-28(15-19)23(30)18-9-12-27(13-10-18)24-25-17(3)20-8-7-16(2)14-21(20)26-24/h7-8,14,18-19H,4-6,9-13,15H2,1-3H3. The molecule has 2 aliphatic rings. The Kier molecular flexibility index (Phi) is 6.02. The number of anilines is 1. The number of carbonyl (C=O) groups excluding carboxylic acids is 2. The summed E-state index contributed by atoms with van der Waals surface area (Å²) in [7, 11) is 0. The third-order valence-corrected chi connectivity index (χ3v) is 6.70. The molecule has 0 aliphatic carbocycles. The van der Waals surface area contributed by atoms with Gasteiger partial charge in [0.25, 0.3) is 0 Å². The average molecular weight is 409 g/mol. The number of fused-ring (bicyclic) bond motifs is 1. The van der Waals surface area contributed by atoms with E-state index in [2.05, 4.69) is 30.0 Å². The fraction of sp³-hybridized carbons (Fsp3) is 0.583. The lowest BCUT2D eigenvalue weighted by Crippen LogP contribution is -2.47. The van der Waals surface area contributed by atoms with Crippen LogP contribution in [0.5, 0.6) is 0 Å². The Balaban J connectivity index is 1.41. The number of aryl methyl sites for hydroxylation is 2. The Morgan fingerprint density at radius 2 is 1.80 bits per heavy atom. The third kappa shape index (κ3) is 4.18. The van der Waals surface area contributed by atoms with E-state index in [1.54, 1.807) is 0 Å². The molecule has 0 N–H and O–H groups in total. The second-order valence-corrected chi connectivity index (χ2v) is 8.83. The summed E-state index contributed by atoms with van der Waals surface area (Å²) in [5.41, 5.74) is 3.17. The smallest absolute Gasteiger partial charge is 0.226 e. The van der Waals surface area contributed by atoms with Crippen LogP contribution in [0.2, 0.25) is 0 Å². The Morgan fingerprint density at radius 1 is 1.03 bits per heavy atom. The zero-order valence-electron chi connectivity index (χ0n) is 18.4. The molecule has 1 aromatic carbocycles. The molecule has 1 atom stereocenters.